The number of hydrogen-bond acceptors (Lipinski definition) is 7. The number of nitrogens with zero attached hydrogens (tertiary/aromatic N) is 6. The van der Waals surface area contributed by atoms with Crippen molar-refractivity contribution >= 4 is 28.6 Å². The number of nitrogen functional groups attached to an aromatic ring is 1. The lowest BCUT2D eigenvalue weighted by atomic mass is 10.2. The Morgan fingerprint density at radius 2 is 1.57 bits per heavy atom. The number of hydrogen-bond donors (Lipinski definition) is 1. The highest BCUT2D eigenvalue weighted by Gasteiger charge is 2.25. The van der Waals surface area contributed by atoms with Crippen LogP contribution < -0.4 is 21.1 Å². The summed E-state index contributed by atoms with van der Waals surface area (Å²) in [5.41, 5.74) is 8.55. The van der Waals surface area contributed by atoms with Crippen LogP contribution in [0.1, 0.15) is 12.8 Å². The minimum atomic E-state index is -0.353. The van der Waals surface area contributed by atoms with Gasteiger partial charge in [-0.25, -0.2) is 19.3 Å². The summed E-state index contributed by atoms with van der Waals surface area (Å²) in [6.45, 7) is 0.740. The highest BCUT2D eigenvalue weighted by Crippen LogP contribution is 2.27. The summed E-state index contributed by atoms with van der Waals surface area (Å²) in [5, 5.41) is 0. The predicted octanol–water partition coefficient (Wildman–Crippen LogP) is 4.56. The Hall–Kier alpha value is -5.22. The predicted molar refractivity (Wildman–Crippen MR) is 164 cm³/mol. The van der Waals surface area contributed by atoms with Crippen LogP contribution in [0, 0.1) is 0 Å². The van der Waals surface area contributed by atoms with Crippen LogP contribution in [0.25, 0.3) is 22.5 Å². The number of aromatic nitrogens is 4. The van der Waals surface area contributed by atoms with Gasteiger partial charge in [0.05, 0.1) is 11.4 Å². The zero-order valence-electron chi connectivity index (χ0n) is 23.4. The van der Waals surface area contributed by atoms with Crippen molar-refractivity contribution in [3.8, 4) is 22.9 Å². The first-order valence-corrected chi connectivity index (χ1v) is 13.7. The molecule has 2 heterocycles. The molecule has 212 valence electrons. The first-order chi connectivity index (χ1) is 20.4. The Morgan fingerprint density at radius 1 is 0.929 bits per heavy atom. The summed E-state index contributed by atoms with van der Waals surface area (Å²) in [4.78, 5) is 39.0. The topological polar surface area (TPSA) is 112 Å². The molecule has 1 fully saturated rings. The van der Waals surface area contributed by atoms with Crippen LogP contribution in [0.2, 0.25) is 0 Å². The Labute approximate surface area is 242 Å². The first kappa shape index (κ1) is 27.0. The van der Waals surface area contributed by atoms with E-state index in [9.17, 15) is 9.59 Å². The molecule has 1 aliphatic rings. The average molecular weight is 562 g/mol. The number of likely N-dealkylation sites (N-methyl/N-ethyl adjacent to an activating group) is 2. The fourth-order valence-electron chi connectivity index (χ4n) is 4.86. The number of para-hydroxylation sites is 1. The molecule has 1 amide bonds. The van der Waals surface area contributed by atoms with Crippen LogP contribution in [0.4, 0.5) is 11.5 Å². The monoisotopic (exact) mass is 561 g/mol. The van der Waals surface area contributed by atoms with Crippen LogP contribution in [-0.4, -0.2) is 56.6 Å². The summed E-state index contributed by atoms with van der Waals surface area (Å²) in [6.07, 6.45) is 7.27. The van der Waals surface area contributed by atoms with Crippen molar-refractivity contribution in [1.82, 2.24) is 24.0 Å². The van der Waals surface area contributed by atoms with Gasteiger partial charge in [-0.05, 0) is 80.6 Å². The molecule has 5 aromatic rings. The first-order valence-electron chi connectivity index (χ1n) is 13.7. The second-order valence-electron chi connectivity index (χ2n) is 10.3. The van der Waals surface area contributed by atoms with Crippen molar-refractivity contribution in [1.29, 1.82) is 0 Å². The summed E-state index contributed by atoms with van der Waals surface area (Å²) >= 11 is 0. The van der Waals surface area contributed by atoms with Crippen LogP contribution in [0.5, 0.6) is 11.5 Å². The Morgan fingerprint density at radius 3 is 2.26 bits per heavy atom. The number of rotatable bonds is 9. The van der Waals surface area contributed by atoms with Gasteiger partial charge in [-0.2, -0.15) is 0 Å². The lowest BCUT2D eigenvalue weighted by Crippen LogP contribution is -2.25. The maximum Gasteiger partial charge on any atom is 0.339 e. The largest absolute Gasteiger partial charge is 0.457 e. The van der Waals surface area contributed by atoms with E-state index in [0.717, 1.165) is 6.54 Å². The molecule has 0 radical (unpaired) electrons. The highest BCUT2D eigenvalue weighted by atomic mass is 16.5. The van der Waals surface area contributed by atoms with Crippen molar-refractivity contribution in [2.45, 2.75) is 18.9 Å². The van der Waals surface area contributed by atoms with E-state index in [0.29, 0.717) is 45.8 Å². The van der Waals surface area contributed by atoms with E-state index in [1.165, 1.54) is 28.3 Å². The standard InChI is InChI=1S/C32H31N7O3/c1-36(22-10-11-22)20-6-9-28(40)37(2)23-12-14-25(15-13-23)39-31-29(30(33)34-21-35-31)38(32(39)41)24-16-18-27(19-17-24)42-26-7-4-3-5-8-26/h3-9,12-19,21-22H,10-11,20H2,1-2H3,(H2,33,34,35)/b9-6+. The van der Waals surface area contributed by atoms with E-state index in [-0.39, 0.29) is 17.4 Å². The summed E-state index contributed by atoms with van der Waals surface area (Å²) in [6, 6.07) is 24.4. The zero-order chi connectivity index (χ0) is 29.2. The van der Waals surface area contributed by atoms with Gasteiger partial charge in [-0.1, -0.05) is 24.3 Å². The molecule has 0 unspecified atom stereocenters. The normalized spacial score (nSPS) is 13.2. The quantitative estimate of drug-likeness (QED) is 0.263. The van der Waals surface area contributed by atoms with E-state index < -0.39 is 0 Å². The van der Waals surface area contributed by atoms with Crippen molar-refractivity contribution in [3.63, 3.8) is 0 Å². The molecule has 0 spiro atoms. The van der Waals surface area contributed by atoms with E-state index in [1.807, 2.05) is 36.4 Å². The third-order valence-corrected chi connectivity index (χ3v) is 7.37. The van der Waals surface area contributed by atoms with Gasteiger partial charge < -0.3 is 15.4 Å². The molecule has 1 aliphatic carbocycles. The number of fused-ring (bicyclic) bond motifs is 1. The summed E-state index contributed by atoms with van der Waals surface area (Å²) in [5.74, 6) is 1.40. The van der Waals surface area contributed by atoms with Gasteiger partial charge in [0.25, 0.3) is 0 Å². The number of ether oxygens (including phenoxy) is 1. The second-order valence-corrected chi connectivity index (χ2v) is 10.3. The van der Waals surface area contributed by atoms with Crippen LogP contribution >= 0.6 is 0 Å². The van der Waals surface area contributed by atoms with Gasteiger partial charge in [-0.3, -0.25) is 14.3 Å². The van der Waals surface area contributed by atoms with E-state index in [4.69, 9.17) is 10.5 Å². The molecule has 2 N–H and O–H groups in total. The molecule has 0 aliphatic heterocycles. The van der Waals surface area contributed by atoms with Gasteiger partial charge in [0, 0.05) is 31.4 Å². The molecule has 3 aromatic carbocycles. The third-order valence-electron chi connectivity index (χ3n) is 7.37. The molecule has 6 rings (SSSR count). The van der Waals surface area contributed by atoms with Gasteiger partial charge in [0.15, 0.2) is 11.5 Å². The van der Waals surface area contributed by atoms with Gasteiger partial charge in [0.1, 0.15) is 23.3 Å². The molecule has 2 aromatic heterocycles. The summed E-state index contributed by atoms with van der Waals surface area (Å²) < 4.78 is 8.88. The molecule has 0 bridgehead atoms. The minimum absolute atomic E-state index is 0.124. The van der Waals surface area contributed by atoms with Gasteiger partial charge in [0.2, 0.25) is 5.91 Å². The number of carbonyl (C=O) groups excluding carboxylic acids is 1. The van der Waals surface area contributed by atoms with Crippen LogP contribution in [-0.2, 0) is 4.79 Å². The highest BCUT2D eigenvalue weighted by molar-refractivity contribution is 6.01. The smallest absolute Gasteiger partial charge is 0.339 e. The van der Waals surface area contributed by atoms with Crippen LogP contribution in [0.15, 0.2) is 102 Å². The fraction of sp³-hybridized carbons (Fsp3) is 0.188. The van der Waals surface area contributed by atoms with E-state index >= 15 is 0 Å². The lowest BCUT2D eigenvalue weighted by Gasteiger charge is -2.16. The van der Waals surface area contributed by atoms with Gasteiger partial charge >= 0.3 is 5.69 Å². The number of benzene rings is 3. The lowest BCUT2D eigenvalue weighted by molar-refractivity contribution is -0.113. The summed E-state index contributed by atoms with van der Waals surface area (Å²) in [7, 11) is 3.80. The molecule has 10 heteroatoms. The average Bonchev–Trinajstić information content (AvgIpc) is 3.81. The number of anilines is 2. The zero-order valence-corrected chi connectivity index (χ0v) is 23.4. The number of nitrogens with two attached hydrogens (primary N) is 1. The van der Waals surface area contributed by atoms with Crippen molar-refractivity contribution < 1.29 is 9.53 Å². The van der Waals surface area contributed by atoms with E-state index in [1.54, 1.807) is 66.6 Å². The van der Waals surface area contributed by atoms with Gasteiger partial charge in [-0.15, -0.1) is 0 Å². The molecular weight excluding hydrogens is 530 g/mol. The second kappa shape index (κ2) is 11.3. The molecule has 0 atom stereocenters. The maximum atomic E-state index is 13.9. The number of amides is 1. The third kappa shape index (κ3) is 5.39. The van der Waals surface area contributed by atoms with Crippen molar-refractivity contribution in [2.24, 2.45) is 0 Å². The SMILES string of the molecule is CN(C(=O)/C=C/CN(C)C1CC1)c1ccc(-n2c(=O)n(-c3ccc(Oc4ccccc4)cc3)c3c(N)ncnc32)cc1. The molecule has 42 heavy (non-hydrogen) atoms. The molecular formula is C32H31N7O3. The Balaban J connectivity index is 1.28. The molecule has 1 saturated carbocycles. The number of carbonyl (C=O) groups is 1. The Bertz CT molecular complexity index is 1810. The van der Waals surface area contributed by atoms with Crippen LogP contribution in [0.3, 0.4) is 0 Å². The minimum Gasteiger partial charge on any atom is -0.457 e. The number of imidazole rings is 1. The maximum absolute atomic E-state index is 13.9. The van der Waals surface area contributed by atoms with E-state index in [2.05, 4.69) is 21.9 Å². The molecule has 0 saturated heterocycles. The fourth-order valence-corrected chi connectivity index (χ4v) is 4.86. The molecule has 10 nitrogen and oxygen atoms in total. The van der Waals surface area contributed by atoms with Crippen molar-refractivity contribution in [2.75, 3.05) is 31.3 Å². The van der Waals surface area contributed by atoms with Crippen molar-refractivity contribution in [3.05, 3.63) is 108 Å². The Kier molecular flexibility index (Phi) is 7.28.